The Kier molecular flexibility index (Phi) is 5.43. The van der Waals surface area contributed by atoms with E-state index in [1.807, 2.05) is 54.6 Å². The van der Waals surface area contributed by atoms with Gasteiger partial charge in [0.25, 0.3) is 0 Å². The summed E-state index contributed by atoms with van der Waals surface area (Å²) < 4.78 is 11.9. The molecule has 2 aromatic carbocycles. The van der Waals surface area contributed by atoms with E-state index < -0.39 is 0 Å². The minimum atomic E-state index is -0.266. The maximum atomic E-state index is 11.8. The fraction of sp³-hybridized carbons (Fsp3) is 0.158. The number of hydrogen-bond donors (Lipinski definition) is 0. The Labute approximate surface area is 148 Å². The van der Waals surface area contributed by atoms with E-state index in [1.54, 1.807) is 6.20 Å². The van der Waals surface area contributed by atoms with Crippen molar-refractivity contribution in [2.75, 3.05) is 0 Å². The number of esters is 1. The summed E-state index contributed by atoms with van der Waals surface area (Å²) >= 11 is 3.37. The first kappa shape index (κ1) is 16.5. The van der Waals surface area contributed by atoms with E-state index in [-0.39, 0.29) is 19.0 Å². The summed E-state index contributed by atoms with van der Waals surface area (Å²) in [6.45, 7) is 0.271. The summed E-state index contributed by atoms with van der Waals surface area (Å²) in [4.78, 5) is 16.0. The van der Waals surface area contributed by atoms with Crippen LogP contribution in [0.1, 0.15) is 17.9 Å². The number of aromatic nitrogens is 1. The van der Waals surface area contributed by atoms with Crippen molar-refractivity contribution in [2.45, 2.75) is 19.4 Å². The molecule has 1 aromatic heterocycles. The minimum absolute atomic E-state index is 0.241. The molecule has 0 aliphatic rings. The lowest BCUT2D eigenvalue weighted by atomic mass is 10.2. The Morgan fingerprint density at radius 3 is 2.58 bits per heavy atom. The van der Waals surface area contributed by atoms with Gasteiger partial charge in [-0.3, -0.25) is 4.79 Å². The van der Waals surface area contributed by atoms with Gasteiger partial charge in [0.2, 0.25) is 0 Å². The normalized spacial score (nSPS) is 10.5. The molecule has 0 spiro atoms. The number of aryl methyl sites for hydroxylation is 1. The van der Waals surface area contributed by atoms with Gasteiger partial charge in [0.05, 0.1) is 12.6 Å². The number of benzene rings is 2. The van der Waals surface area contributed by atoms with Crippen molar-refractivity contribution in [1.82, 2.24) is 4.98 Å². The number of rotatable bonds is 6. The third kappa shape index (κ3) is 4.55. The molecular formula is C19H16BrNO3. The van der Waals surface area contributed by atoms with Crippen LogP contribution in [-0.4, -0.2) is 11.0 Å². The Bertz CT molecular complexity index is 797. The van der Waals surface area contributed by atoms with Gasteiger partial charge in [-0.15, -0.1) is 0 Å². The average molecular weight is 386 g/mol. The summed E-state index contributed by atoms with van der Waals surface area (Å²) in [5.74, 6) is 0.973. The molecule has 0 fully saturated rings. The van der Waals surface area contributed by atoms with E-state index in [1.165, 1.54) is 0 Å². The van der Waals surface area contributed by atoms with Crippen LogP contribution in [0.15, 0.2) is 69.7 Å². The lowest BCUT2D eigenvalue weighted by molar-refractivity contribution is -0.145. The second-order valence-corrected chi connectivity index (χ2v) is 6.19. The summed E-state index contributed by atoms with van der Waals surface area (Å²) in [5, 5.41) is 0. The fourth-order valence-electron chi connectivity index (χ4n) is 2.19. The standard InChI is InChI=1S/C19H16BrNO3/c20-16-8-6-14(7-9-16)13-23-19(22)11-10-18-21-12-17(24-18)15-4-2-1-3-5-15/h1-9,12H,10-11,13H2. The molecule has 24 heavy (non-hydrogen) atoms. The molecule has 0 bridgehead atoms. The van der Waals surface area contributed by atoms with Gasteiger partial charge in [0.1, 0.15) is 6.61 Å². The van der Waals surface area contributed by atoms with E-state index >= 15 is 0 Å². The van der Waals surface area contributed by atoms with Gasteiger partial charge < -0.3 is 9.15 Å². The Balaban J connectivity index is 1.48. The zero-order valence-corrected chi connectivity index (χ0v) is 14.5. The molecule has 0 aliphatic heterocycles. The largest absolute Gasteiger partial charge is 0.461 e. The number of halogens is 1. The van der Waals surface area contributed by atoms with Crippen LogP contribution in [0.5, 0.6) is 0 Å². The van der Waals surface area contributed by atoms with Crippen molar-refractivity contribution in [3.05, 3.63) is 76.7 Å². The Morgan fingerprint density at radius 2 is 1.83 bits per heavy atom. The number of ether oxygens (including phenoxy) is 1. The molecule has 0 unspecified atom stereocenters. The van der Waals surface area contributed by atoms with Crippen LogP contribution in [0.25, 0.3) is 11.3 Å². The van der Waals surface area contributed by atoms with Crippen LogP contribution in [0.4, 0.5) is 0 Å². The van der Waals surface area contributed by atoms with E-state index in [0.717, 1.165) is 15.6 Å². The van der Waals surface area contributed by atoms with Crippen molar-refractivity contribution in [3.63, 3.8) is 0 Å². The molecular weight excluding hydrogens is 370 g/mol. The summed E-state index contributed by atoms with van der Waals surface area (Å²) in [5.41, 5.74) is 1.92. The molecule has 122 valence electrons. The van der Waals surface area contributed by atoms with Crippen molar-refractivity contribution in [3.8, 4) is 11.3 Å². The third-order valence-corrected chi connectivity index (χ3v) is 4.00. The molecule has 0 saturated carbocycles. The van der Waals surface area contributed by atoms with Crippen LogP contribution in [-0.2, 0) is 22.6 Å². The highest BCUT2D eigenvalue weighted by Crippen LogP contribution is 2.20. The van der Waals surface area contributed by atoms with Gasteiger partial charge in [-0.25, -0.2) is 4.98 Å². The monoisotopic (exact) mass is 385 g/mol. The second-order valence-electron chi connectivity index (χ2n) is 5.27. The first-order valence-corrected chi connectivity index (χ1v) is 8.40. The zero-order valence-electron chi connectivity index (χ0n) is 12.9. The van der Waals surface area contributed by atoms with Gasteiger partial charge >= 0.3 is 5.97 Å². The molecule has 5 heteroatoms. The van der Waals surface area contributed by atoms with Crippen molar-refractivity contribution in [2.24, 2.45) is 0 Å². The molecule has 0 saturated heterocycles. The fourth-order valence-corrected chi connectivity index (χ4v) is 2.45. The molecule has 0 radical (unpaired) electrons. The maximum Gasteiger partial charge on any atom is 0.306 e. The van der Waals surface area contributed by atoms with Crippen molar-refractivity contribution in [1.29, 1.82) is 0 Å². The molecule has 0 N–H and O–H groups in total. The predicted molar refractivity (Wildman–Crippen MR) is 94.2 cm³/mol. The minimum Gasteiger partial charge on any atom is -0.461 e. The summed E-state index contributed by atoms with van der Waals surface area (Å²) in [7, 11) is 0. The predicted octanol–water partition coefficient (Wildman–Crippen LogP) is 4.78. The van der Waals surface area contributed by atoms with Crippen LogP contribution in [0, 0.1) is 0 Å². The molecule has 3 aromatic rings. The van der Waals surface area contributed by atoms with E-state index in [0.29, 0.717) is 18.1 Å². The van der Waals surface area contributed by atoms with Gasteiger partial charge in [0, 0.05) is 16.5 Å². The SMILES string of the molecule is O=C(CCc1ncc(-c2ccccc2)o1)OCc1ccc(Br)cc1. The van der Waals surface area contributed by atoms with Gasteiger partial charge in [-0.05, 0) is 17.7 Å². The number of carbonyl (C=O) groups is 1. The second kappa shape index (κ2) is 7.93. The van der Waals surface area contributed by atoms with Crippen molar-refractivity contribution >= 4 is 21.9 Å². The van der Waals surface area contributed by atoms with Crippen LogP contribution < -0.4 is 0 Å². The highest BCUT2D eigenvalue weighted by atomic mass is 79.9. The smallest absolute Gasteiger partial charge is 0.306 e. The van der Waals surface area contributed by atoms with Crippen LogP contribution in [0.2, 0.25) is 0 Å². The molecule has 1 heterocycles. The van der Waals surface area contributed by atoms with Crippen LogP contribution >= 0.6 is 15.9 Å². The lowest BCUT2D eigenvalue weighted by Gasteiger charge is -2.04. The van der Waals surface area contributed by atoms with Gasteiger partial charge in [-0.1, -0.05) is 58.4 Å². The van der Waals surface area contributed by atoms with Gasteiger partial charge in [0.15, 0.2) is 11.7 Å². The van der Waals surface area contributed by atoms with Crippen molar-refractivity contribution < 1.29 is 13.9 Å². The quantitative estimate of drug-likeness (QED) is 0.572. The molecule has 0 amide bonds. The molecule has 4 nitrogen and oxygen atoms in total. The average Bonchev–Trinajstić information content (AvgIpc) is 3.09. The van der Waals surface area contributed by atoms with E-state index in [2.05, 4.69) is 20.9 Å². The Hall–Kier alpha value is -2.40. The van der Waals surface area contributed by atoms with Crippen LogP contribution in [0.3, 0.4) is 0 Å². The highest BCUT2D eigenvalue weighted by Gasteiger charge is 2.10. The lowest BCUT2D eigenvalue weighted by Crippen LogP contribution is -2.06. The first-order chi connectivity index (χ1) is 11.7. The maximum absolute atomic E-state index is 11.8. The third-order valence-electron chi connectivity index (χ3n) is 3.47. The number of hydrogen-bond acceptors (Lipinski definition) is 4. The molecule has 3 rings (SSSR count). The summed E-state index contributed by atoms with van der Waals surface area (Å²) in [6.07, 6.45) is 2.34. The number of carbonyl (C=O) groups excluding carboxylic acids is 1. The number of oxazole rings is 1. The first-order valence-electron chi connectivity index (χ1n) is 7.61. The zero-order chi connectivity index (χ0) is 16.8. The molecule has 0 aliphatic carbocycles. The number of nitrogens with zero attached hydrogens (tertiary/aromatic N) is 1. The topological polar surface area (TPSA) is 52.3 Å². The van der Waals surface area contributed by atoms with E-state index in [9.17, 15) is 4.79 Å². The van der Waals surface area contributed by atoms with Gasteiger partial charge in [-0.2, -0.15) is 0 Å². The highest BCUT2D eigenvalue weighted by molar-refractivity contribution is 9.10. The summed E-state index contributed by atoms with van der Waals surface area (Å²) in [6, 6.07) is 17.4. The molecule has 0 atom stereocenters. The van der Waals surface area contributed by atoms with E-state index in [4.69, 9.17) is 9.15 Å². The Morgan fingerprint density at radius 1 is 1.08 bits per heavy atom.